The first-order valence-corrected chi connectivity index (χ1v) is 9.08. The number of amides is 1. The highest BCUT2D eigenvalue weighted by molar-refractivity contribution is 8.18. The molecular formula is C20H19N3O2S. The van der Waals surface area contributed by atoms with E-state index in [1.807, 2.05) is 55.5 Å². The number of rotatable bonds is 6. The van der Waals surface area contributed by atoms with Crippen LogP contribution in [-0.2, 0) is 4.79 Å². The molecule has 5 nitrogen and oxygen atoms in total. The number of hydrogen-bond acceptors (Lipinski definition) is 5. The van der Waals surface area contributed by atoms with Gasteiger partial charge in [-0.25, -0.2) is 9.98 Å². The first-order chi connectivity index (χ1) is 12.7. The number of ether oxygens (including phenoxy) is 1. The van der Waals surface area contributed by atoms with Gasteiger partial charge in [0.05, 0.1) is 4.91 Å². The second kappa shape index (κ2) is 8.49. The van der Waals surface area contributed by atoms with E-state index < -0.39 is 0 Å². The molecule has 1 aliphatic rings. The highest BCUT2D eigenvalue weighted by Gasteiger charge is 2.32. The van der Waals surface area contributed by atoms with Crippen molar-refractivity contribution in [1.82, 2.24) is 9.88 Å². The fraction of sp³-hybridized carbons (Fsp3) is 0.150. The standard InChI is InChI=1S/C20H19N3O2S/c1-3-13-25-16-10-8-15(9-11-16)14-17-19(24)23(4-2)20(26-17)22-18-7-5-6-12-21-18/h3,5-12,14H,1,4,13H2,2H3/b17-14-,22-20+. The summed E-state index contributed by atoms with van der Waals surface area (Å²) < 4.78 is 5.47. The number of carbonyl (C=O) groups excluding carboxylic acids is 1. The molecule has 0 atom stereocenters. The highest BCUT2D eigenvalue weighted by Crippen LogP contribution is 2.33. The number of aliphatic imine (C=N–C) groups is 1. The van der Waals surface area contributed by atoms with Crippen molar-refractivity contribution in [3.05, 3.63) is 71.8 Å². The summed E-state index contributed by atoms with van der Waals surface area (Å²) in [5.74, 6) is 1.32. The van der Waals surface area contributed by atoms with E-state index in [2.05, 4.69) is 16.6 Å². The lowest BCUT2D eigenvalue weighted by Gasteiger charge is -2.11. The molecule has 26 heavy (non-hydrogen) atoms. The van der Waals surface area contributed by atoms with E-state index in [0.717, 1.165) is 11.3 Å². The molecule has 2 heterocycles. The van der Waals surface area contributed by atoms with Gasteiger partial charge in [-0.05, 0) is 54.6 Å². The maximum Gasteiger partial charge on any atom is 0.266 e. The Balaban J connectivity index is 1.82. The molecule has 1 aliphatic heterocycles. The van der Waals surface area contributed by atoms with E-state index in [1.54, 1.807) is 17.2 Å². The number of aromatic nitrogens is 1. The molecule has 6 heteroatoms. The van der Waals surface area contributed by atoms with Crippen LogP contribution in [0.1, 0.15) is 12.5 Å². The predicted octanol–water partition coefficient (Wildman–Crippen LogP) is 4.27. The molecule has 1 amide bonds. The Labute approximate surface area is 157 Å². The second-order valence-corrected chi connectivity index (χ2v) is 6.42. The monoisotopic (exact) mass is 365 g/mol. The van der Waals surface area contributed by atoms with Crippen LogP contribution in [0.3, 0.4) is 0 Å². The summed E-state index contributed by atoms with van der Waals surface area (Å²) in [6.45, 7) is 6.58. The molecular weight excluding hydrogens is 346 g/mol. The van der Waals surface area contributed by atoms with E-state index in [9.17, 15) is 4.79 Å². The summed E-state index contributed by atoms with van der Waals surface area (Å²) >= 11 is 1.36. The molecule has 1 fully saturated rings. The van der Waals surface area contributed by atoms with Crippen molar-refractivity contribution in [3.8, 4) is 5.75 Å². The molecule has 2 aromatic rings. The minimum Gasteiger partial charge on any atom is -0.490 e. The third-order valence-corrected chi connectivity index (χ3v) is 4.62. The highest BCUT2D eigenvalue weighted by atomic mass is 32.2. The topological polar surface area (TPSA) is 54.8 Å². The van der Waals surface area contributed by atoms with Gasteiger partial charge in [-0.3, -0.25) is 9.69 Å². The van der Waals surface area contributed by atoms with Gasteiger partial charge in [-0.2, -0.15) is 0 Å². The number of likely N-dealkylation sites (N-methyl/N-ethyl adjacent to an activating group) is 1. The number of amidine groups is 1. The van der Waals surface area contributed by atoms with Crippen molar-refractivity contribution in [3.63, 3.8) is 0 Å². The maximum absolute atomic E-state index is 12.6. The van der Waals surface area contributed by atoms with Crippen LogP contribution in [0.4, 0.5) is 5.82 Å². The molecule has 0 N–H and O–H groups in total. The first-order valence-electron chi connectivity index (χ1n) is 8.26. The first kappa shape index (κ1) is 17.9. The van der Waals surface area contributed by atoms with Gasteiger partial charge < -0.3 is 4.74 Å². The Morgan fingerprint density at radius 3 is 2.73 bits per heavy atom. The Morgan fingerprint density at radius 1 is 1.27 bits per heavy atom. The van der Waals surface area contributed by atoms with Crippen molar-refractivity contribution >= 4 is 34.7 Å². The maximum atomic E-state index is 12.6. The Morgan fingerprint density at radius 2 is 2.08 bits per heavy atom. The average Bonchev–Trinajstić information content (AvgIpc) is 2.96. The molecule has 1 aromatic carbocycles. The Bertz CT molecular complexity index is 845. The van der Waals surface area contributed by atoms with E-state index in [1.165, 1.54) is 11.8 Å². The summed E-state index contributed by atoms with van der Waals surface area (Å²) in [7, 11) is 0. The van der Waals surface area contributed by atoms with Gasteiger partial charge in [0.15, 0.2) is 11.0 Å². The molecule has 132 valence electrons. The molecule has 0 saturated carbocycles. The fourth-order valence-corrected chi connectivity index (χ4v) is 3.41. The number of benzene rings is 1. The smallest absolute Gasteiger partial charge is 0.266 e. The lowest BCUT2D eigenvalue weighted by Crippen LogP contribution is -2.28. The van der Waals surface area contributed by atoms with Crippen molar-refractivity contribution in [1.29, 1.82) is 0 Å². The SMILES string of the molecule is C=CCOc1ccc(/C=C2\S/C(=N/c3ccccn3)N(CC)C2=O)cc1. The van der Waals surface area contributed by atoms with Crippen molar-refractivity contribution < 1.29 is 9.53 Å². The van der Waals surface area contributed by atoms with E-state index in [-0.39, 0.29) is 5.91 Å². The molecule has 1 saturated heterocycles. The number of thioether (sulfide) groups is 1. The van der Waals surface area contributed by atoms with Crippen molar-refractivity contribution in [2.24, 2.45) is 4.99 Å². The summed E-state index contributed by atoms with van der Waals surface area (Å²) in [5.41, 5.74) is 0.932. The minimum absolute atomic E-state index is 0.0424. The van der Waals surface area contributed by atoms with Crippen LogP contribution < -0.4 is 4.74 Å². The van der Waals surface area contributed by atoms with Gasteiger partial charge in [0.1, 0.15) is 12.4 Å². The third-order valence-electron chi connectivity index (χ3n) is 3.61. The van der Waals surface area contributed by atoms with Crippen LogP contribution in [0.15, 0.2) is 71.2 Å². The molecule has 0 aliphatic carbocycles. The van der Waals surface area contributed by atoms with Crippen LogP contribution in [-0.4, -0.2) is 34.1 Å². The van der Waals surface area contributed by atoms with Gasteiger partial charge >= 0.3 is 0 Å². The Hall–Kier alpha value is -2.86. The van der Waals surface area contributed by atoms with Gasteiger partial charge in [-0.15, -0.1) is 0 Å². The molecule has 0 spiro atoms. The number of pyridine rings is 1. The summed E-state index contributed by atoms with van der Waals surface area (Å²) in [5, 5.41) is 0.647. The van der Waals surface area contributed by atoms with Crippen molar-refractivity contribution in [2.75, 3.05) is 13.2 Å². The molecule has 3 rings (SSSR count). The Kier molecular flexibility index (Phi) is 5.86. The van der Waals surface area contributed by atoms with Crippen LogP contribution in [0.25, 0.3) is 6.08 Å². The normalized spacial score (nSPS) is 17.1. The number of hydrogen-bond donors (Lipinski definition) is 0. The summed E-state index contributed by atoms with van der Waals surface area (Å²) in [6, 6.07) is 13.1. The summed E-state index contributed by atoms with van der Waals surface area (Å²) in [6.07, 6.45) is 5.25. The van der Waals surface area contributed by atoms with Crippen LogP contribution >= 0.6 is 11.8 Å². The summed E-state index contributed by atoms with van der Waals surface area (Å²) in [4.78, 5) is 23.7. The fourth-order valence-electron chi connectivity index (χ4n) is 2.35. The zero-order chi connectivity index (χ0) is 18.4. The second-order valence-electron chi connectivity index (χ2n) is 5.41. The van der Waals surface area contributed by atoms with Crippen LogP contribution in [0, 0.1) is 0 Å². The van der Waals surface area contributed by atoms with Crippen LogP contribution in [0.5, 0.6) is 5.75 Å². The van der Waals surface area contributed by atoms with Gasteiger partial charge in [0.2, 0.25) is 0 Å². The largest absolute Gasteiger partial charge is 0.490 e. The predicted molar refractivity (Wildman–Crippen MR) is 106 cm³/mol. The van der Waals surface area contributed by atoms with Gasteiger partial charge in [0, 0.05) is 12.7 Å². The van der Waals surface area contributed by atoms with Gasteiger partial charge in [0.25, 0.3) is 5.91 Å². The lowest BCUT2D eigenvalue weighted by molar-refractivity contribution is -0.122. The van der Waals surface area contributed by atoms with Gasteiger partial charge in [-0.1, -0.05) is 30.9 Å². The van der Waals surface area contributed by atoms with E-state index in [4.69, 9.17) is 4.74 Å². The lowest BCUT2D eigenvalue weighted by atomic mass is 10.2. The van der Waals surface area contributed by atoms with Crippen LogP contribution in [0.2, 0.25) is 0 Å². The van der Waals surface area contributed by atoms with Crippen molar-refractivity contribution in [2.45, 2.75) is 6.92 Å². The van der Waals surface area contributed by atoms with E-state index in [0.29, 0.717) is 29.0 Å². The molecule has 1 aromatic heterocycles. The number of carbonyl (C=O) groups is 1. The number of nitrogens with zero attached hydrogens (tertiary/aromatic N) is 3. The molecule has 0 radical (unpaired) electrons. The molecule has 0 bridgehead atoms. The third kappa shape index (κ3) is 4.21. The minimum atomic E-state index is -0.0424. The quantitative estimate of drug-likeness (QED) is 0.567. The average molecular weight is 365 g/mol. The molecule has 0 unspecified atom stereocenters. The van der Waals surface area contributed by atoms with E-state index >= 15 is 0 Å². The zero-order valence-corrected chi connectivity index (χ0v) is 15.3. The zero-order valence-electron chi connectivity index (χ0n) is 14.5.